The molecule has 0 saturated heterocycles. The summed E-state index contributed by atoms with van der Waals surface area (Å²) in [6, 6.07) is 8.22. The predicted octanol–water partition coefficient (Wildman–Crippen LogP) is 3.25. The van der Waals surface area contributed by atoms with Crippen LogP contribution in [0.15, 0.2) is 24.3 Å². The Morgan fingerprint density at radius 2 is 2.00 bits per heavy atom. The standard InChI is InChI=1S/C16H23NO2/c1-15(2,3)13-16(4,14(18)19-5)10-11-8-6-7-9-12(11)17-13/h6-9,13,17H,10H2,1-5H3/t13-,16+/m0/s1. The second-order valence-corrected chi connectivity index (χ2v) is 6.69. The molecule has 0 amide bonds. The third kappa shape index (κ3) is 2.34. The Kier molecular flexibility index (Phi) is 3.33. The van der Waals surface area contributed by atoms with Crippen molar-refractivity contribution in [2.75, 3.05) is 12.4 Å². The van der Waals surface area contributed by atoms with Gasteiger partial charge in [0.1, 0.15) is 0 Å². The molecule has 1 aromatic rings. The van der Waals surface area contributed by atoms with Crippen molar-refractivity contribution in [3.8, 4) is 0 Å². The third-order valence-electron chi connectivity index (χ3n) is 4.03. The average Bonchev–Trinajstić information content (AvgIpc) is 2.35. The van der Waals surface area contributed by atoms with Gasteiger partial charge in [0.25, 0.3) is 0 Å². The van der Waals surface area contributed by atoms with E-state index in [1.54, 1.807) is 0 Å². The van der Waals surface area contributed by atoms with E-state index in [9.17, 15) is 4.79 Å². The minimum atomic E-state index is -0.540. The molecule has 1 aliphatic heterocycles. The molecule has 19 heavy (non-hydrogen) atoms. The number of hydrogen-bond acceptors (Lipinski definition) is 3. The van der Waals surface area contributed by atoms with E-state index in [4.69, 9.17) is 4.74 Å². The molecule has 0 unspecified atom stereocenters. The van der Waals surface area contributed by atoms with Crippen LogP contribution in [0.3, 0.4) is 0 Å². The van der Waals surface area contributed by atoms with Crippen LogP contribution in [0.4, 0.5) is 5.69 Å². The largest absolute Gasteiger partial charge is 0.469 e. The van der Waals surface area contributed by atoms with Crippen molar-refractivity contribution in [1.82, 2.24) is 0 Å². The number of rotatable bonds is 1. The molecular formula is C16H23NO2. The first kappa shape index (κ1) is 13.9. The van der Waals surface area contributed by atoms with E-state index in [1.807, 2.05) is 19.1 Å². The van der Waals surface area contributed by atoms with Gasteiger partial charge in [-0.15, -0.1) is 0 Å². The van der Waals surface area contributed by atoms with Crippen molar-refractivity contribution in [1.29, 1.82) is 0 Å². The van der Waals surface area contributed by atoms with Gasteiger partial charge in [-0.3, -0.25) is 4.79 Å². The molecular weight excluding hydrogens is 238 g/mol. The molecule has 2 rings (SSSR count). The summed E-state index contributed by atoms with van der Waals surface area (Å²) in [5, 5.41) is 3.54. The number of benzene rings is 1. The molecule has 1 N–H and O–H groups in total. The molecule has 0 saturated carbocycles. The maximum Gasteiger partial charge on any atom is 0.313 e. The minimum Gasteiger partial charge on any atom is -0.469 e. The Morgan fingerprint density at radius 3 is 2.58 bits per heavy atom. The monoisotopic (exact) mass is 261 g/mol. The van der Waals surface area contributed by atoms with Crippen LogP contribution in [0.25, 0.3) is 0 Å². The van der Waals surface area contributed by atoms with Crippen LogP contribution in [-0.2, 0) is 16.0 Å². The fourth-order valence-corrected chi connectivity index (χ4v) is 3.22. The number of carbonyl (C=O) groups excluding carboxylic acids is 1. The van der Waals surface area contributed by atoms with Crippen LogP contribution in [0, 0.1) is 10.8 Å². The summed E-state index contributed by atoms with van der Waals surface area (Å²) in [5.41, 5.74) is 1.73. The molecule has 1 aromatic carbocycles. The maximum atomic E-state index is 12.3. The molecule has 3 nitrogen and oxygen atoms in total. The lowest BCUT2D eigenvalue weighted by molar-refractivity contribution is -0.154. The number of hydrogen-bond donors (Lipinski definition) is 1. The number of carbonyl (C=O) groups is 1. The zero-order valence-corrected chi connectivity index (χ0v) is 12.4. The highest BCUT2D eigenvalue weighted by atomic mass is 16.5. The maximum absolute atomic E-state index is 12.3. The van der Waals surface area contributed by atoms with Crippen LogP contribution >= 0.6 is 0 Å². The van der Waals surface area contributed by atoms with Gasteiger partial charge < -0.3 is 10.1 Å². The minimum absolute atomic E-state index is 0.0313. The highest BCUT2D eigenvalue weighted by Crippen LogP contribution is 2.44. The Hall–Kier alpha value is -1.51. The van der Waals surface area contributed by atoms with E-state index in [-0.39, 0.29) is 17.4 Å². The molecule has 0 spiro atoms. The van der Waals surface area contributed by atoms with Gasteiger partial charge >= 0.3 is 5.97 Å². The summed E-state index contributed by atoms with van der Waals surface area (Å²) in [4.78, 5) is 12.3. The van der Waals surface area contributed by atoms with E-state index in [2.05, 4.69) is 38.2 Å². The zero-order valence-electron chi connectivity index (χ0n) is 12.4. The molecule has 2 atom stereocenters. The fourth-order valence-electron chi connectivity index (χ4n) is 3.22. The highest BCUT2D eigenvalue weighted by Gasteiger charge is 2.50. The van der Waals surface area contributed by atoms with Crippen LogP contribution < -0.4 is 5.32 Å². The van der Waals surface area contributed by atoms with E-state index in [1.165, 1.54) is 12.7 Å². The van der Waals surface area contributed by atoms with Gasteiger partial charge in [-0.2, -0.15) is 0 Å². The summed E-state index contributed by atoms with van der Waals surface area (Å²) in [6.07, 6.45) is 0.713. The van der Waals surface area contributed by atoms with Crippen molar-refractivity contribution in [2.24, 2.45) is 10.8 Å². The number of ether oxygens (including phenoxy) is 1. The normalized spacial score (nSPS) is 26.3. The topological polar surface area (TPSA) is 38.3 Å². The van der Waals surface area contributed by atoms with Gasteiger partial charge in [0.05, 0.1) is 12.5 Å². The average molecular weight is 261 g/mol. The molecule has 0 radical (unpaired) electrons. The Labute approximate surface area is 115 Å². The molecule has 1 heterocycles. The smallest absolute Gasteiger partial charge is 0.313 e. The van der Waals surface area contributed by atoms with Gasteiger partial charge in [-0.05, 0) is 30.4 Å². The lowest BCUT2D eigenvalue weighted by atomic mass is 9.65. The zero-order chi connectivity index (χ0) is 14.3. The van der Waals surface area contributed by atoms with Crippen LogP contribution in [0.5, 0.6) is 0 Å². The predicted molar refractivity (Wildman–Crippen MR) is 77.1 cm³/mol. The third-order valence-corrected chi connectivity index (χ3v) is 4.03. The Morgan fingerprint density at radius 1 is 1.37 bits per heavy atom. The van der Waals surface area contributed by atoms with Crippen LogP contribution in [0.2, 0.25) is 0 Å². The molecule has 0 aromatic heterocycles. The number of anilines is 1. The molecule has 3 heteroatoms. The first-order valence-electron chi connectivity index (χ1n) is 6.72. The van der Waals surface area contributed by atoms with Crippen LogP contribution in [0.1, 0.15) is 33.3 Å². The number of nitrogens with one attached hydrogen (secondary N) is 1. The van der Waals surface area contributed by atoms with Gasteiger partial charge in [0.15, 0.2) is 0 Å². The van der Waals surface area contributed by atoms with E-state index < -0.39 is 5.41 Å². The highest BCUT2D eigenvalue weighted by molar-refractivity contribution is 5.80. The number of fused-ring (bicyclic) bond motifs is 1. The van der Waals surface area contributed by atoms with Gasteiger partial charge in [0, 0.05) is 11.7 Å². The second kappa shape index (κ2) is 4.55. The van der Waals surface area contributed by atoms with Gasteiger partial charge in [0.2, 0.25) is 0 Å². The summed E-state index contributed by atoms with van der Waals surface area (Å²) in [6.45, 7) is 8.46. The van der Waals surface area contributed by atoms with Crippen molar-refractivity contribution in [3.63, 3.8) is 0 Å². The van der Waals surface area contributed by atoms with Crippen molar-refractivity contribution < 1.29 is 9.53 Å². The molecule has 104 valence electrons. The summed E-state index contributed by atoms with van der Waals surface area (Å²) in [7, 11) is 1.47. The lowest BCUT2D eigenvalue weighted by Gasteiger charge is -2.47. The summed E-state index contributed by atoms with van der Waals surface area (Å²) < 4.78 is 5.05. The lowest BCUT2D eigenvalue weighted by Crippen LogP contribution is -2.55. The molecule has 0 bridgehead atoms. The quantitative estimate of drug-likeness (QED) is 0.789. The van der Waals surface area contributed by atoms with Crippen molar-refractivity contribution in [3.05, 3.63) is 29.8 Å². The van der Waals surface area contributed by atoms with Crippen LogP contribution in [-0.4, -0.2) is 19.1 Å². The van der Waals surface area contributed by atoms with Gasteiger partial charge in [-0.25, -0.2) is 0 Å². The summed E-state index contributed by atoms with van der Waals surface area (Å²) >= 11 is 0. The van der Waals surface area contributed by atoms with Crippen molar-refractivity contribution >= 4 is 11.7 Å². The fraction of sp³-hybridized carbons (Fsp3) is 0.562. The Balaban J connectivity index is 2.49. The van der Waals surface area contributed by atoms with E-state index in [0.717, 1.165) is 5.69 Å². The molecule has 1 aliphatic rings. The van der Waals surface area contributed by atoms with E-state index in [0.29, 0.717) is 6.42 Å². The van der Waals surface area contributed by atoms with Gasteiger partial charge in [-0.1, -0.05) is 39.0 Å². The number of para-hydroxylation sites is 1. The number of methoxy groups -OCH3 is 1. The van der Waals surface area contributed by atoms with Crippen molar-refractivity contribution in [2.45, 2.75) is 40.2 Å². The molecule has 0 fully saturated rings. The summed E-state index contributed by atoms with van der Waals surface area (Å²) in [5.74, 6) is -0.144. The Bertz CT molecular complexity index is 490. The van der Waals surface area contributed by atoms with E-state index >= 15 is 0 Å². The first-order chi connectivity index (χ1) is 8.79. The molecule has 0 aliphatic carbocycles. The first-order valence-corrected chi connectivity index (χ1v) is 6.72. The SMILES string of the molecule is COC(=O)[C@]1(C)Cc2ccccc2N[C@H]1C(C)(C)C. The number of esters is 1. The second-order valence-electron chi connectivity index (χ2n) is 6.69.